The molecule has 0 fully saturated rings. The third kappa shape index (κ3) is 2.73. The first kappa shape index (κ1) is 11.8. The molecule has 0 saturated heterocycles. The van der Waals surface area contributed by atoms with Crippen LogP contribution < -0.4 is 11.5 Å². The van der Waals surface area contributed by atoms with Crippen LogP contribution in [-0.2, 0) is 0 Å². The highest BCUT2D eigenvalue weighted by molar-refractivity contribution is 5.83. The molecule has 0 saturated carbocycles. The first-order valence-electron chi connectivity index (χ1n) is 5.39. The van der Waals surface area contributed by atoms with Crippen molar-refractivity contribution in [3.63, 3.8) is 0 Å². The highest BCUT2D eigenvalue weighted by Gasteiger charge is 2.00. The molecule has 1 aromatic heterocycles. The minimum absolute atomic E-state index is 0.0583. The molecule has 0 aliphatic carbocycles. The second kappa shape index (κ2) is 5.13. The maximum Gasteiger partial charge on any atom is 0.211 e. The van der Waals surface area contributed by atoms with Gasteiger partial charge in [0.25, 0.3) is 0 Å². The molecule has 0 unspecified atom stereocenters. The number of nitrogens with two attached hydrogens (primary N) is 2. The molecule has 6 heteroatoms. The van der Waals surface area contributed by atoms with Gasteiger partial charge in [-0.2, -0.15) is 10.2 Å². The molecule has 92 valence electrons. The molecule has 0 spiro atoms. The smallest absolute Gasteiger partial charge is 0.211 e. The lowest BCUT2D eigenvalue weighted by Crippen LogP contribution is -2.21. The first-order chi connectivity index (χ1) is 8.66. The van der Waals surface area contributed by atoms with Gasteiger partial charge >= 0.3 is 0 Å². The van der Waals surface area contributed by atoms with E-state index < -0.39 is 0 Å². The van der Waals surface area contributed by atoms with E-state index in [9.17, 15) is 0 Å². The standard InChI is InChI=1S/C12H14N6/c1-9-7-11(18-6-2-5-16-18)4-3-10(9)8-15-17-12(13)14/h2-8H,1H3,(H4,13,14,17). The van der Waals surface area contributed by atoms with E-state index in [2.05, 4.69) is 15.3 Å². The van der Waals surface area contributed by atoms with Crippen LogP contribution in [0.5, 0.6) is 0 Å². The van der Waals surface area contributed by atoms with Crippen LogP contribution in [0.4, 0.5) is 0 Å². The maximum absolute atomic E-state index is 5.19. The van der Waals surface area contributed by atoms with E-state index in [-0.39, 0.29) is 5.96 Å². The molecule has 4 N–H and O–H groups in total. The predicted molar refractivity (Wildman–Crippen MR) is 71.7 cm³/mol. The van der Waals surface area contributed by atoms with Crippen molar-refractivity contribution in [2.24, 2.45) is 21.7 Å². The Hall–Kier alpha value is -2.63. The summed E-state index contributed by atoms with van der Waals surface area (Å²) in [6, 6.07) is 7.79. The molecule has 2 aromatic rings. The Morgan fingerprint density at radius 2 is 2.22 bits per heavy atom. The summed E-state index contributed by atoms with van der Waals surface area (Å²) >= 11 is 0. The number of guanidine groups is 1. The Balaban J connectivity index is 2.26. The fourth-order valence-electron chi connectivity index (χ4n) is 1.53. The summed E-state index contributed by atoms with van der Waals surface area (Å²) in [5, 5.41) is 11.5. The Morgan fingerprint density at radius 3 is 2.83 bits per heavy atom. The molecule has 0 atom stereocenters. The minimum atomic E-state index is -0.0583. The van der Waals surface area contributed by atoms with Gasteiger partial charge in [0.05, 0.1) is 11.9 Å². The van der Waals surface area contributed by atoms with E-state index in [1.54, 1.807) is 17.1 Å². The molecule has 0 amide bonds. The number of nitrogens with zero attached hydrogens (tertiary/aromatic N) is 4. The SMILES string of the molecule is Cc1cc(-n2cccn2)ccc1C=NN=C(N)N. The quantitative estimate of drug-likeness (QED) is 0.473. The van der Waals surface area contributed by atoms with E-state index in [4.69, 9.17) is 11.5 Å². The van der Waals surface area contributed by atoms with E-state index >= 15 is 0 Å². The van der Waals surface area contributed by atoms with E-state index in [1.807, 2.05) is 37.4 Å². The largest absolute Gasteiger partial charge is 0.369 e. The average Bonchev–Trinajstić information content (AvgIpc) is 2.84. The molecule has 2 rings (SSSR count). The Kier molecular flexibility index (Phi) is 3.38. The van der Waals surface area contributed by atoms with Crippen LogP contribution in [0, 0.1) is 6.92 Å². The second-order valence-corrected chi connectivity index (χ2v) is 3.76. The van der Waals surface area contributed by atoms with Crippen molar-refractivity contribution >= 4 is 12.2 Å². The highest BCUT2D eigenvalue weighted by atomic mass is 15.3. The summed E-state index contributed by atoms with van der Waals surface area (Å²) in [4.78, 5) is 0. The number of hydrogen-bond donors (Lipinski definition) is 2. The highest BCUT2D eigenvalue weighted by Crippen LogP contribution is 2.12. The van der Waals surface area contributed by atoms with Crippen molar-refractivity contribution in [1.29, 1.82) is 0 Å². The van der Waals surface area contributed by atoms with Crippen molar-refractivity contribution < 1.29 is 0 Å². The van der Waals surface area contributed by atoms with Gasteiger partial charge in [-0.3, -0.25) is 0 Å². The molecule has 1 aromatic carbocycles. The molecular weight excluding hydrogens is 228 g/mol. The van der Waals surface area contributed by atoms with Crippen LogP contribution in [0.25, 0.3) is 5.69 Å². The number of hydrogen-bond acceptors (Lipinski definition) is 3. The van der Waals surface area contributed by atoms with Gasteiger partial charge in [-0.1, -0.05) is 6.07 Å². The summed E-state index contributed by atoms with van der Waals surface area (Å²) in [5.74, 6) is -0.0583. The van der Waals surface area contributed by atoms with Crippen molar-refractivity contribution in [3.05, 3.63) is 47.8 Å². The molecular formula is C12H14N6. The van der Waals surface area contributed by atoms with Crippen molar-refractivity contribution in [2.45, 2.75) is 6.92 Å². The van der Waals surface area contributed by atoms with Gasteiger partial charge in [-0.25, -0.2) is 4.68 Å². The topological polar surface area (TPSA) is 94.6 Å². The van der Waals surface area contributed by atoms with Gasteiger partial charge in [-0.15, -0.1) is 5.10 Å². The molecule has 0 aliphatic heterocycles. The van der Waals surface area contributed by atoms with Crippen LogP contribution >= 0.6 is 0 Å². The molecule has 18 heavy (non-hydrogen) atoms. The lowest BCUT2D eigenvalue weighted by atomic mass is 10.1. The van der Waals surface area contributed by atoms with Crippen molar-refractivity contribution in [3.8, 4) is 5.69 Å². The Morgan fingerprint density at radius 1 is 1.39 bits per heavy atom. The van der Waals surface area contributed by atoms with E-state index in [1.165, 1.54) is 0 Å². The zero-order chi connectivity index (χ0) is 13.0. The zero-order valence-electron chi connectivity index (χ0n) is 9.99. The van der Waals surface area contributed by atoms with Crippen LogP contribution in [0.2, 0.25) is 0 Å². The fraction of sp³-hybridized carbons (Fsp3) is 0.0833. The molecule has 1 heterocycles. The summed E-state index contributed by atoms with van der Waals surface area (Å²) in [7, 11) is 0. The van der Waals surface area contributed by atoms with Gasteiger partial charge in [0.1, 0.15) is 0 Å². The third-order valence-electron chi connectivity index (χ3n) is 2.39. The minimum Gasteiger partial charge on any atom is -0.369 e. The van der Waals surface area contributed by atoms with Gasteiger partial charge in [0, 0.05) is 12.4 Å². The Bertz CT molecular complexity index is 579. The van der Waals surface area contributed by atoms with Crippen molar-refractivity contribution in [2.75, 3.05) is 0 Å². The zero-order valence-corrected chi connectivity index (χ0v) is 9.99. The van der Waals surface area contributed by atoms with Crippen molar-refractivity contribution in [1.82, 2.24) is 9.78 Å². The Labute approximate surface area is 105 Å². The third-order valence-corrected chi connectivity index (χ3v) is 2.39. The first-order valence-corrected chi connectivity index (χ1v) is 5.39. The average molecular weight is 242 g/mol. The summed E-state index contributed by atoms with van der Waals surface area (Å²) < 4.78 is 1.80. The van der Waals surface area contributed by atoms with E-state index in [0.29, 0.717) is 0 Å². The molecule has 6 nitrogen and oxygen atoms in total. The number of rotatable bonds is 3. The lowest BCUT2D eigenvalue weighted by molar-refractivity contribution is 0.879. The summed E-state index contributed by atoms with van der Waals surface area (Å²) in [6.07, 6.45) is 5.24. The van der Waals surface area contributed by atoms with Crippen LogP contribution in [0.1, 0.15) is 11.1 Å². The lowest BCUT2D eigenvalue weighted by Gasteiger charge is -2.04. The molecule has 0 bridgehead atoms. The van der Waals surface area contributed by atoms with Crippen LogP contribution in [0.3, 0.4) is 0 Å². The fourth-order valence-corrected chi connectivity index (χ4v) is 1.53. The maximum atomic E-state index is 5.19. The molecule has 0 aliphatic rings. The normalized spacial score (nSPS) is 10.7. The summed E-state index contributed by atoms with van der Waals surface area (Å²) in [6.45, 7) is 1.99. The summed E-state index contributed by atoms with van der Waals surface area (Å²) in [5.41, 5.74) is 13.4. The van der Waals surface area contributed by atoms with Gasteiger partial charge in [0.2, 0.25) is 5.96 Å². The monoisotopic (exact) mass is 242 g/mol. The van der Waals surface area contributed by atoms with Crippen LogP contribution in [-0.4, -0.2) is 22.0 Å². The second-order valence-electron chi connectivity index (χ2n) is 3.76. The number of aromatic nitrogens is 2. The van der Waals surface area contributed by atoms with Gasteiger partial charge < -0.3 is 11.5 Å². The predicted octanol–water partition coefficient (Wildman–Crippen LogP) is 0.788. The number of aryl methyl sites for hydroxylation is 1. The number of benzene rings is 1. The molecule has 0 radical (unpaired) electrons. The van der Waals surface area contributed by atoms with Crippen LogP contribution in [0.15, 0.2) is 46.9 Å². The van der Waals surface area contributed by atoms with Gasteiger partial charge in [-0.05, 0) is 36.2 Å². The van der Waals surface area contributed by atoms with E-state index in [0.717, 1.165) is 16.8 Å². The van der Waals surface area contributed by atoms with Gasteiger partial charge in [0.15, 0.2) is 0 Å².